The zero-order valence-corrected chi connectivity index (χ0v) is 33.7. The number of likely N-dealkylation sites (N-methyl/N-ethyl adjacent to an activating group) is 3. The average Bonchev–Trinajstić information content (AvgIpc) is 3.14. The van der Waals surface area contributed by atoms with Gasteiger partial charge in [0.05, 0.1) is 13.2 Å². The summed E-state index contributed by atoms with van der Waals surface area (Å²) in [6.07, 6.45) is 2.97. The lowest BCUT2D eigenvalue weighted by Gasteiger charge is -2.33. The van der Waals surface area contributed by atoms with Crippen molar-refractivity contribution in [1.82, 2.24) is 25.3 Å². The maximum absolute atomic E-state index is 14.1. The van der Waals surface area contributed by atoms with Crippen LogP contribution in [0.5, 0.6) is 0 Å². The normalized spacial score (nSPS) is 26.1. The van der Waals surface area contributed by atoms with Crippen LogP contribution in [-0.2, 0) is 49.5 Å². The first-order valence-corrected chi connectivity index (χ1v) is 18.9. The number of benzene rings is 1. The van der Waals surface area contributed by atoms with Crippen molar-refractivity contribution in [2.24, 2.45) is 11.8 Å². The van der Waals surface area contributed by atoms with E-state index < -0.39 is 78.3 Å². The maximum Gasteiger partial charge on any atom is 0.334 e. The third kappa shape index (κ3) is 13.6. The van der Waals surface area contributed by atoms with Gasteiger partial charge in [-0.1, -0.05) is 70.5 Å². The molecule has 0 bridgehead atoms. The number of hydrogen-bond acceptors (Lipinski definition) is 9. The van der Waals surface area contributed by atoms with E-state index in [1.54, 1.807) is 32.1 Å². The molecule has 0 aromatic heterocycles. The van der Waals surface area contributed by atoms with Gasteiger partial charge < -0.3 is 34.8 Å². The van der Waals surface area contributed by atoms with Gasteiger partial charge in [-0.3, -0.25) is 24.0 Å². The lowest BCUT2D eigenvalue weighted by Crippen LogP contribution is -2.57. The van der Waals surface area contributed by atoms with Gasteiger partial charge in [0.1, 0.15) is 24.2 Å². The number of hydrogen-bond donors (Lipinski definition) is 2. The Kier molecular flexibility index (Phi) is 18.4. The summed E-state index contributed by atoms with van der Waals surface area (Å²) in [5, 5.41) is 5.44. The van der Waals surface area contributed by atoms with Crippen molar-refractivity contribution < 1.29 is 43.0 Å². The highest BCUT2D eigenvalue weighted by Gasteiger charge is 2.36. The average molecular weight is 756 g/mol. The molecule has 1 heterocycles. The number of nitrogens with zero attached hydrogens (tertiary/aromatic N) is 3. The Morgan fingerprint density at radius 1 is 0.852 bits per heavy atom. The zero-order chi connectivity index (χ0) is 40.7. The van der Waals surface area contributed by atoms with Crippen molar-refractivity contribution in [3.8, 4) is 0 Å². The highest BCUT2D eigenvalue weighted by atomic mass is 16.5. The first-order chi connectivity index (χ1) is 25.4. The van der Waals surface area contributed by atoms with Crippen LogP contribution in [0, 0.1) is 11.8 Å². The topological polar surface area (TPSA) is 172 Å². The fraction of sp³-hybridized carbons (Fsp3) is 0.625. The molecule has 14 heteroatoms. The minimum absolute atomic E-state index is 0.0173. The zero-order valence-electron chi connectivity index (χ0n) is 33.7. The van der Waals surface area contributed by atoms with Crippen LogP contribution < -0.4 is 10.6 Å². The number of amides is 5. The summed E-state index contributed by atoms with van der Waals surface area (Å²) in [7, 11) is 4.37. The highest BCUT2D eigenvalue weighted by molar-refractivity contribution is 5.96. The smallest absolute Gasteiger partial charge is 0.334 e. The molecule has 2 unspecified atom stereocenters. The van der Waals surface area contributed by atoms with Crippen LogP contribution in [0.15, 0.2) is 42.0 Å². The molecule has 0 aliphatic carbocycles. The van der Waals surface area contributed by atoms with Crippen LogP contribution >= 0.6 is 0 Å². The number of nitrogens with one attached hydrogen (secondary N) is 2. The lowest BCUT2D eigenvalue weighted by molar-refractivity contribution is -0.155. The molecule has 5 amide bonds. The van der Waals surface area contributed by atoms with E-state index in [0.29, 0.717) is 31.3 Å². The molecule has 1 aliphatic heterocycles. The molecule has 1 aliphatic rings. The predicted octanol–water partition coefficient (Wildman–Crippen LogP) is 3.03. The molecule has 14 nitrogen and oxygen atoms in total. The summed E-state index contributed by atoms with van der Waals surface area (Å²) in [5.41, 5.74) is 1.07. The molecule has 2 rings (SSSR count). The minimum atomic E-state index is -1.17. The Hall–Kier alpha value is -4.75. The van der Waals surface area contributed by atoms with Crippen molar-refractivity contribution in [3.05, 3.63) is 47.5 Å². The Morgan fingerprint density at radius 2 is 1.50 bits per heavy atom. The number of carbonyl (C=O) groups is 7. The Balaban J connectivity index is 2.50. The second-order valence-corrected chi connectivity index (χ2v) is 14.7. The van der Waals surface area contributed by atoms with E-state index in [0.717, 1.165) is 5.56 Å². The summed E-state index contributed by atoms with van der Waals surface area (Å²) in [4.78, 5) is 98.1. The fourth-order valence-electron chi connectivity index (χ4n) is 5.87. The van der Waals surface area contributed by atoms with Crippen LogP contribution in [0.1, 0.15) is 86.1 Å². The summed E-state index contributed by atoms with van der Waals surface area (Å²) >= 11 is 0. The number of rotatable bonds is 6. The molecular weight excluding hydrogens is 694 g/mol. The van der Waals surface area contributed by atoms with Crippen LogP contribution in [0.4, 0.5) is 0 Å². The third-order valence-electron chi connectivity index (χ3n) is 9.77. The Bertz CT molecular complexity index is 1500. The number of allylic oxidation sites excluding steroid dienone is 1. The van der Waals surface area contributed by atoms with E-state index in [9.17, 15) is 33.6 Å². The number of esters is 2. The van der Waals surface area contributed by atoms with Crippen molar-refractivity contribution in [2.75, 3.05) is 34.3 Å². The molecule has 0 spiro atoms. The van der Waals surface area contributed by atoms with Gasteiger partial charge in [0.2, 0.25) is 23.6 Å². The van der Waals surface area contributed by atoms with Crippen LogP contribution in [0.3, 0.4) is 0 Å². The summed E-state index contributed by atoms with van der Waals surface area (Å²) in [6.45, 7) is 11.8. The summed E-state index contributed by atoms with van der Waals surface area (Å²) in [6, 6.07) is 4.98. The van der Waals surface area contributed by atoms with Crippen LogP contribution in [-0.4, -0.2) is 121 Å². The largest absolute Gasteiger partial charge is 0.464 e. The third-order valence-corrected chi connectivity index (χ3v) is 9.77. The molecule has 0 radical (unpaired) electrons. The van der Waals surface area contributed by atoms with E-state index in [1.165, 1.54) is 42.8 Å². The molecule has 0 saturated carbocycles. The number of ether oxygens (including phenoxy) is 2. The van der Waals surface area contributed by atoms with E-state index in [-0.39, 0.29) is 31.3 Å². The molecule has 1 aromatic carbocycles. The van der Waals surface area contributed by atoms with Crippen LogP contribution in [0.25, 0.3) is 0 Å². The summed E-state index contributed by atoms with van der Waals surface area (Å²) < 4.78 is 11.1. The number of carbonyl (C=O) groups excluding carboxylic acids is 7. The van der Waals surface area contributed by atoms with Gasteiger partial charge in [-0.25, -0.2) is 9.59 Å². The molecule has 0 fully saturated rings. The lowest BCUT2D eigenvalue weighted by atomic mass is 9.97. The minimum Gasteiger partial charge on any atom is -0.464 e. The first-order valence-electron chi connectivity index (χ1n) is 18.9. The molecular formula is C40H61N5O9. The molecule has 300 valence electrons. The molecule has 1 aromatic rings. The van der Waals surface area contributed by atoms with E-state index in [4.69, 9.17) is 9.47 Å². The monoisotopic (exact) mass is 755 g/mol. The summed E-state index contributed by atoms with van der Waals surface area (Å²) in [5.74, 6) is -4.43. The van der Waals surface area contributed by atoms with Gasteiger partial charge in [-0.2, -0.15) is 0 Å². The SMILES string of the molecule is CCC(C)C1NC(=O)CN(C)C(=O)[C@@H](Cc2ccccc2)N(C)C(=O)[C@H](C)NC(=O)[C@@H](CC(C)C)OC(=O)/C(C)=C/CCCCOC(=O)[C@H](C)N(C)C1=O. The Labute approximate surface area is 320 Å². The van der Waals surface area contributed by atoms with E-state index in [2.05, 4.69) is 10.6 Å². The highest BCUT2D eigenvalue weighted by Crippen LogP contribution is 2.17. The quantitative estimate of drug-likeness (QED) is 0.415. The molecule has 2 N–H and O–H groups in total. The van der Waals surface area contributed by atoms with Gasteiger partial charge >= 0.3 is 11.9 Å². The van der Waals surface area contributed by atoms with Gasteiger partial charge in [-0.15, -0.1) is 0 Å². The maximum atomic E-state index is 14.1. The first kappa shape index (κ1) is 45.4. The van der Waals surface area contributed by atoms with Gasteiger partial charge in [-0.05, 0) is 63.9 Å². The Morgan fingerprint density at radius 3 is 2.11 bits per heavy atom. The van der Waals surface area contributed by atoms with Crippen molar-refractivity contribution in [1.29, 1.82) is 0 Å². The molecule has 54 heavy (non-hydrogen) atoms. The second kappa shape index (κ2) is 21.8. The van der Waals surface area contributed by atoms with E-state index in [1.807, 2.05) is 45.9 Å². The van der Waals surface area contributed by atoms with E-state index >= 15 is 0 Å². The fourth-order valence-corrected chi connectivity index (χ4v) is 5.87. The van der Waals surface area contributed by atoms with Crippen molar-refractivity contribution >= 4 is 41.5 Å². The van der Waals surface area contributed by atoms with Crippen molar-refractivity contribution in [2.45, 2.75) is 117 Å². The number of cyclic esters (lactones) is 2. The van der Waals surface area contributed by atoms with Crippen LogP contribution in [0.2, 0.25) is 0 Å². The standard InChI is InChI=1S/C40H61N5O9/c1-11-26(4)34-38(50)44(9)29(7)40(52)53-21-17-13-14-18-27(5)39(51)54-32(22-25(2)3)35(47)41-28(6)36(48)45(10)31(23-30-19-15-12-16-20-30)37(49)43(8)24-33(46)42-34/h12,15-16,18-20,25-26,28-29,31-32,34H,11,13-14,17,21-24H2,1-10H3,(H,41,47)(H,42,46)/b27-18+/t26?,28-,29-,31+,32+,34?/m0/s1. The second-order valence-electron chi connectivity index (χ2n) is 14.7. The van der Waals surface area contributed by atoms with Gasteiger partial charge in [0.25, 0.3) is 5.91 Å². The molecule has 0 saturated heterocycles. The predicted molar refractivity (Wildman–Crippen MR) is 203 cm³/mol. The van der Waals surface area contributed by atoms with Gasteiger partial charge in [0.15, 0.2) is 6.10 Å². The van der Waals surface area contributed by atoms with Gasteiger partial charge in [0, 0.05) is 33.1 Å². The molecule has 6 atom stereocenters. The van der Waals surface area contributed by atoms with Crippen molar-refractivity contribution in [3.63, 3.8) is 0 Å².